The first kappa shape index (κ1) is 20.1. The highest BCUT2D eigenvalue weighted by molar-refractivity contribution is 7.92. The number of nitrogens with one attached hydrogen (secondary N) is 1. The molecule has 1 aliphatic heterocycles. The van der Waals surface area contributed by atoms with Crippen LogP contribution in [-0.4, -0.2) is 39.6 Å². The number of sulfonamides is 1. The highest BCUT2D eigenvalue weighted by atomic mass is 32.2. The van der Waals surface area contributed by atoms with Gasteiger partial charge in [-0.15, -0.1) is 0 Å². The van der Waals surface area contributed by atoms with E-state index in [0.29, 0.717) is 17.9 Å². The standard InChI is InChI=1S/C17H28BNO5S/c1-8-9-25(20,21)19-14-11-13(10-12(2)15(14)22-7)18-23-16(3,4)17(5,6)24-18/h10-11,19H,8-9H2,1-7H3. The van der Waals surface area contributed by atoms with E-state index in [1.807, 2.05) is 47.6 Å². The summed E-state index contributed by atoms with van der Waals surface area (Å²) in [5.74, 6) is 0.551. The van der Waals surface area contributed by atoms with E-state index >= 15 is 0 Å². The Kier molecular flexibility index (Phi) is 5.47. The van der Waals surface area contributed by atoms with Gasteiger partial charge >= 0.3 is 7.12 Å². The smallest absolute Gasteiger partial charge is 0.494 e. The van der Waals surface area contributed by atoms with Crippen LogP contribution in [0.15, 0.2) is 12.1 Å². The molecule has 0 saturated carbocycles. The number of benzene rings is 1. The Bertz CT molecular complexity index is 730. The number of hydrogen-bond donors (Lipinski definition) is 1. The summed E-state index contributed by atoms with van der Waals surface area (Å²) in [6, 6.07) is 3.62. The second kappa shape index (κ2) is 6.81. The van der Waals surface area contributed by atoms with E-state index in [2.05, 4.69) is 4.72 Å². The van der Waals surface area contributed by atoms with Crippen molar-refractivity contribution in [3.8, 4) is 5.75 Å². The molecule has 0 aromatic heterocycles. The molecule has 0 aliphatic carbocycles. The first-order valence-corrected chi connectivity index (χ1v) is 10.1. The lowest BCUT2D eigenvalue weighted by atomic mass is 9.78. The van der Waals surface area contributed by atoms with Gasteiger partial charge in [-0.25, -0.2) is 8.42 Å². The largest absolute Gasteiger partial charge is 0.494 e. The van der Waals surface area contributed by atoms with Crippen LogP contribution in [0.1, 0.15) is 46.6 Å². The molecule has 0 radical (unpaired) electrons. The molecule has 0 spiro atoms. The number of methoxy groups -OCH3 is 1. The molecule has 1 N–H and O–H groups in total. The molecule has 6 nitrogen and oxygen atoms in total. The fourth-order valence-corrected chi connectivity index (χ4v) is 3.88. The lowest BCUT2D eigenvalue weighted by Crippen LogP contribution is -2.41. The minimum atomic E-state index is -3.43. The minimum absolute atomic E-state index is 0.0515. The summed E-state index contributed by atoms with van der Waals surface area (Å²) >= 11 is 0. The van der Waals surface area contributed by atoms with Crippen LogP contribution in [0.5, 0.6) is 5.75 Å². The quantitative estimate of drug-likeness (QED) is 0.780. The third kappa shape index (κ3) is 4.12. The first-order valence-electron chi connectivity index (χ1n) is 8.47. The predicted molar refractivity (Wildman–Crippen MR) is 101 cm³/mol. The van der Waals surface area contributed by atoms with Crippen molar-refractivity contribution in [2.75, 3.05) is 17.6 Å². The van der Waals surface area contributed by atoms with Crippen LogP contribution in [0.25, 0.3) is 0 Å². The van der Waals surface area contributed by atoms with E-state index in [1.54, 1.807) is 6.07 Å². The fourth-order valence-electron chi connectivity index (χ4n) is 2.75. The summed E-state index contributed by atoms with van der Waals surface area (Å²) in [7, 11) is -2.48. The van der Waals surface area contributed by atoms with Crippen LogP contribution >= 0.6 is 0 Å². The number of aryl methyl sites for hydroxylation is 1. The zero-order chi connectivity index (χ0) is 19.0. The van der Waals surface area contributed by atoms with E-state index in [0.717, 1.165) is 11.0 Å². The second-order valence-electron chi connectivity index (χ2n) is 7.43. The lowest BCUT2D eigenvalue weighted by Gasteiger charge is -2.32. The lowest BCUT2D eigenvalue weighted by molar-refractivity contribution is 0.00578. The maximum Gasteiger partial charge on any atom is 0.494 e. The summed E-state index contributed by atoms with van der Waals surface area (Å²) in [6.45, 7) is 11.6. The van der Waals surface area contributed by atoms with Crippen molar-refractivity contribution in [3.05, 3.63) is 17.7 Å². The molecule has 140 valence electrons. The van der Waals surface area contributed by atoms with Crippen molar-refractivity contribution in [1.82, 2.24) is 0 Å². The minimum Gasteiger partial charge on any atom is -0.494 e. The summed E-state index contributed by atoms with van der Waals surface area (Å²) < 4.78 is 44.5. The van der Waals surface area contributed by atoms with Gasteiger partial charge in [0.15, 0.2) is 0 Å². The van der Waals surface area contributed by atoms with Crippen molar-refractivity contribution in [1.29, 1.82) is 0 Å². The van der Waals surface area contributed by atoms with Gasteiger partial charge in [0.1, 0.15) is 5.75 Å². The topological polar surface area (TPSA) is 73.9 Å². The molecular formula is C17H28BNO5S. The molecule has 1 aromatic rings. The van der Waals surface area contributed by atoms with Gasteiger partial charge in [0, 0.05) is 0 Å². The Labute approximate surface area is 151 Å². The van der Waals surface area contributed by atoms with Crippen LogP contribution < -0.4 is 14.9 Å². The van der Waals surface area contributed by atoms with E-state index in [4.69, 9.17) is 14.0 Å². The zero-order valence-corrected chi connectivity index (χ0v) is 16.9. The fraction of sp³-hybridized carbons (Fsp3) is 0.647. The van der Waals surface area contributed by atoms with Gasteiger partial charge < -0.3 is 14.0 Å². The average Bonchev–Trinajstić information content (AvgIpc) is 2.66. The van der Waals surface area contributed by atoms with Gasteiger partial charge in [-0.1, -0.05) is 13.0 Å². The van der Waals surface area contributed by atoms with Crippen LogP contribution in [0.2, 0.25) is 0 Å². The first-order chi connectivity index (χ1) is 11.4. The molecule has 0 bridgehead atoms. The summed E-state index contributed by atoms with van der Waals surface area (Å²) in [5.41, 5.74) is 1.04. The molecule has 1 heterocycles. The molecule has 2 rings (SSSR count). The summed E-state index contributed by atoms with van der Waals surface area (Å²) in [4.78, 5) is 0. The Hall–Kier alpha value is -1.25. The number of anilines is 1. The van der Waals surface area contributed by atoms with Crippen molar-refractivity contribution in [3.63, 3.8) is 0 Å². The number of ether oxygens (including phenoxy) is 1. The van der Waals surface area contributed by atoms with Crippen LogP contribution in [0.3, 0.4) is 0 Å². The highest BCUT2D eigenvalue weighted by Crippen LogP contribution is 2.37. The van der Waals surface area contributed by atoms with Gasteiger partial charge in [-0.05, 0) is 58.1 Å². The van der Waals surface area contributed by atoms with Gasteiger partial charge in [0.05, 0.1) is 29.8 Å². The van der Waals surface area contributed by atoms with Crippen molar-refractivity contribution >= 4 is 28.3 Å². The van der Waals surface area contributed by atoms with Gasteiger partial charge in [0.25, 0.3) is 0 Å². The van der Waals surface area contributed by atoms with Gasteiger partial charge in [-0.3, -0.25) is 4.72 Å². The van der Waals surface area contributed by atoms with Crippen LogP contribution in [0.4, 0.5) is 5.69 Å². The molecule has 1 saturated heterocycles. The zero-order valence-electron chi connectivity index (χ0n) is 16.1. The predicted octanol–water partition coefficient (Wildman–Crippen LogP) is 2.45. The van der Waals surface area contributed by atoms with Crippen molar-refractivity contribution in [2.24, 2.45) is 0 Å². The molecule has 0 unspecified atom stereocenters. The third-order valence-electron chi connectivity index (χ3n) is 4.76. The molecule has 25 heavy (non-hydrogen) atoms. The Morgan fingerprint density at radius 3 is 2.20 bits per heavy atom. The Morgan fingerprint density at radius 1 is 1.16 bits per heavy atom. The number of hydrogen-bond acceptors (Lipinski definition) is 5. The maximum atomic E-state index is 12.2. The highest BCUT2D eigenvalue weighted by Gasteiger charge is 2.51. The molecule has 1 aliphatic rings. The molecule has 1 fully saturated rings. The van der Waals surface area contributed by atoms with Crippen molar-refractivity contribution in [2.45, 2.75) is 59.2 Å². The Morgan fingerprint density at radius 2 is 1.72 bits per heavy atom. The van der Waals surface area contributed by atoms with Gasteiger partial charge in [0.2, 0.25) is 10.0 Å². The summed E-state index contributed by atoms with van der Waals surface area (Å²) in [5, 5.41) is 0. The van der Waals surface area contributed by atoms with E-state index in [-0.39, 0.29) is 5.75 Å². The second-order valence-corrected chi connectivity index (χ2v) is 9.27. The Balaban J connectivity index is 2.42. The molecule has 0 atom stereocenters. The molecule has 0 amide bonds. The molecule has 1 aromatic carbocycles. The van der Waals surface area contributed by atoms with Crippen LogP contribution in [0, 0.1) is 6.92 Å². The van der Waals surface area contributed by atoms with E-state index in [1.165, 1.54) is 7.11 Å². The summed E-state index contributed by atoms with van der Waals surface area (Å²) in [6.07, 6.45) is 0.535. The third-order valence-corrected chi connectivity index (χ3v) is 6.24. The maximum absolute atomic E-state index is 12.2. The van der Waals surface area contributed by atoms with Gasteiger partial charge in [-0.2, -0.15) is 0 Å². The number of rotatable bonds is 6. The average molecular weight is 369 g/mol. The van der Waals surface area contributed by atoms with Crippen LogP contribution in [-0.2, 0) is 19.3 Å². The van der Waals surface area contributed by atoms with E-state index < -0.39 is 28.3 Å². The monoisotopic (exact) mass is 369 g/mol. The SMILES string of the molecule is CCCS(=O)(=O)Nc1cc(B2OC(C)(C)C(C)(C)O2)cc(C)c1OC. The normalized spacial score (nSPS) is 19.1. The molecular weight excluding hydrogens is 341 g/mol. The van der Waals surface area contributed by atoms with Crippen molar-refractivity contribution < 1.29 is 22.5 Å². The van der Waals surface area contributed by atoms with E-state index in [9.17, 15) is 8.42 Å². The molecule has 8 heteroatoms.